The number of aldehydes is 1. The van der Waals surface area contributed by atoms with E-state index in [-0.39, 0.29) is 6.42 Å². The number of carbonyl (C=O) groups is 1. The smallest absolute Gasteiger partial charge is 0.325 e. The lowest BCUT2D eigenvalue weighted by Gasteiger charge is -2.20. The molecule has 3 atom stereocenters. The Hall–Kier alpha value is 0.270. The van der Waals surface area contributed by atoms with Crippen LogP contribution >= 0.6 is 14.3 Å². The average molecular weight is 326 g/mol. The molecule has 0 saturated carbocycles. The number of carbonyl (C=O) groups excluding carboxylic acids is 1. The van der Waals surface area contributed by atoms with Crippen LogP contribution in [0.15, 0.2) is 0 Å². The minimum atomic E-state index is -3.81. The van der Waals surface area contributed by atoms with Gasteiger partial charge < -0.3 is 39.1 Å². The average Bonchev–Trinajstić information content (AvgIpc) is 2.11. The van der Waals surface area contributed by atoms with Crippen molar-refractivity contribution in [3.63, 3.8) is 0 Å². The van der Waals surface area contributed by atoms with Crippen LogP contribution in [0.3, 0.4) is 0 Å². The first-order valence-corrected chi connectivity index (χ1v) is 9.08. The van der Waals surface area contributed by atoms with Gasteiger partial charge in [0.05, 0.1) is 6.61 Å². The van der Waals surface area contributed by atoms with Crippen molar-refractivity contribution in [1.29, 1.82) is 0 Å². The second-order valence-electron chi connectivity index (χ2n) is 3.11. The third-order valence-electron chi connectivity index (χ3n) is 1.28. The van der Waals surface area contributed by atoms with Gasteiger partial charge in [-0.15, -0.1) is 0 Å². The van der Waals surface area contributed by atoms with Crippen LogP contribution in [0.2, 0.25) is 0 Å². The van der Waals surface area contributed by atoms with Crippen LogP contribution in [0.4, 0.5) is 0 Å². The summed E-state index contributed by atoms with van der Waals surface area (Å²) in [5.41, 5.74) is 0. The molecule has 0 aromatic rings. The summed E-state index contributed by atoms with van der Waals surface area (Å²) in [6.45, 7) is -3.49. The summed E-state index contributed by atoms with van der Waals surface area (Å²) >= 11 is 3.60. The fourth-order valence-electron chi connectivity index (χ4n) is 0.734. The zero-order valence-corrected chi connectivity index (χ0v) is 12.0. The quantitative estimate of drug-likeness (QED) is 0.245. The lowest BCUT2D eigenvalue weighted by Crippen LogP contribution is -2.31. The van der Waals surface area contributed by atoms with Crippen molar-refractivity contribution < 1.29 is 43.7 Å². The highest BCUT2D eigenvalue weighted by Gasteiger charge is 2.25. The normalized spacial score (nSPS) is 17.9. The van der Waals surface area contributed by atoms with Crippen molar-refractivity contribution >= 4 is 32.4 Å². The predicted octanol–water partition coefficient (Wildman–Crippen LogP) is -1.68. The van der Waals surface area contributed by atoms with Crippen LogP contribution in [0.1, 0.15) is 6.42 Å². The topological polar surface area (TPSA) is 165 Å². The first-order valence-electron chi connectivity index (χ1n) is 4.40. The standard InChI is InChI=1S/C6H13O6P.H3O3PS/c1-13(10,11)12-6(2-3-7)5(9)4-8;1-4(2,3)5/h3,5-6,8-9H,2,4H2,1H3,(H,10,11);(H3,1,2,3,5)/t5-,6+;/m1./s1. The molecule has 0 heterocycles. The number of hydrogen-bond donors (Lipinski definition) is 6. The molecule has 0 rings (SSSR count). The Bertz CT molecular complexity index is 315. The molecule has 0 aliphatic rings. The van der Waals surface area contributed by atoms with Crippen LogP contribution in [0.25, 0.3) is 0 Å². The van der Waals surface area contributed by atoms with E-state index < -0.39 is 33.1 Å². The Balaban J connectivity index is 0. The molecule has 0 bridgehead atoms. The van der Waals surface area contributed by atoms with Crippen LogP contribution < -0.4 is 0 Å². The molecule has 9 nitrogen and oxygen atoms in total. The highest BCUT2D eigenvalue weighted by atomic mass is 32.5. The largest absolute Gasteiger partial charge is 0.394 e. The molecule has 0 aromatic carbocycles. The zero-order chi connectivity index (χ0) is 15.0. The van der Waals surface area contributed by atoms with Gasteiger partial charge >= 0.3 is 14.3 Å². The van der Waals surface area contributed by atoms with E-state index in [1.807, 2.05) is 0 Å². The van der Waals surface area contributed by atoms with Gasteiger partial charge in [-0.3, -0.25) is 4.57 Å². The molecule has 0 aliphatic carbocycles. The van der Waals surface area contributed by atoms with Gasteiger partial charge in [0, 0.05) is 13.1 Å². The first kappa shape index (κ1) is 20.6. The van der Waals surface area contributed by atoms with E-state index >= 15 is 0 Å². The van der Waals surface area contributed by atoms with Crippen molar-refractivity contribution in [3.8, 4) is 0 Å². The molecular formula is C6H16O9P2S. The van der Waals surface area contributed by atoms with Gasteiger partial charge in [0.15, 0.2) is 0 Å². The van der Waals surface area contributed by atoms with Gasteiger partial charge in [-0.2, -0.15) is 0 Å². The van der Waals surface area contributed by atoms with E-state index in [0.29, 0.717) is 6.29 Å². The summed E-state index contributed by atoms with van der Waals surface area (Å²) < 4.78 is 15.2. The summed E-state index contributed by atoms with van der Waals surface area (Å²) in [5, 5.41) is 17.6. The van der Waals surface area contributed by atoms with E-state index in [4.69, 9.17) is 29.8 Å². The molecule has 0 radical (unpaired) electrons. The Morgan fingerprint density at radius 2 is 1.72 bits per heavy atom. The van der Waals surface area contributed by atoms with E-state index in [1.165, 1.54) is 0 Å². The van der Waals surface area contributed by atoms with Gasteiger partial charge in [0.2, 0.25) is 0 Å². The van der Waals surface area contributed by atoms with Crippen molar-refractivity contribution in [2.75, 3.05) is 13.3 Å². The lowest BCUT2D eigenvalue weighted by molar-refractivity contribution is -0.111. The Morgan fingerprint density at radius 3 is 1.94 bits per heavy atom. The summed E-state index contributed by atoms with van der Waals surface area (Å²) in [6.07, 6.45) is -2.26. The van der Waals surface area contributed by atoms with Gasteiger partial charge in [-0.05, 0) is 11.8 Å². The van der Waals surface area contributed by atoms with Crippen molar-refractivity contribution in [3.05, 3.63) is 0 Å². The molecule has 0 saturated heterocycles. The first-order chi connectivity index (χ1) is 7.90. The third kappa shape index (κ3) is 18.6. The van der Waals surface area contributed by atoms with E-state index in [2.05, 4.69) is 16.3 Å². The number of aliphatic hydroxyl groups is 2. The Labute approximate surface area is 108 Å². The third-order valence-corrected chi connectivity index (χ3v) is 1.94. The fourth-order valence-corrected chi connectivity index (χ4v) is 1.46. The molecule has 18 heavy (non-hydrogen) atoms. The molecule has 110 valence electrons. The van der Waals surface area contributed by atoms with Crippen LogP contribution in [-0.2, 0) is 25.7 Å². The van der Waals surface area contributed by atoms with Crippen LogP contribution in [0.5, 0.6) is 0 Å². The molecule has 1 unspecified atom stereocenters. The maximum Gasteiger partial charge on any atom is 0.325 e. The maximum absolute atomic E-state index is 10.7. The maximum atomic E-state index is 10.7. The summed E-state index contributed by atoms with van der Waals surface area (Å²) in [7, 11) is -3.75. The van der Waals surface area contributed by atoms with Crippen molar-refractivity contribution in [2.24, 2.45) is 0 Å². The van der Waals surface area contributed by atoms with Crippen molar-refractivity contribution in [1.82, 2.24) is 0 Å². The lowest BCUT2D eigenvalue weighted by atomic mass is 10.2. The molecule has 0 fully saturated rings. The van der Waals surface area contributed by atoms with E-state index in [9.17, 15) is 9.36 Å². The minimum absolute atomic E-state index is 0.236. The molecule has 0 aliphatic heterocycles. The highest BCUT2D eigenvalue weighted by molar-refractivity contribution is 8.06. The van der Waals surface area contributed by atoms with Gasteiger partial charge in [-0.25, -0.2) is 0 Å². The van der Waals surface area contributed by atoms with Gasteiger partial charge in [0.25, 0.3) is 0 Å². The Morgan fingerprint density at radius 1 is 1.33 bits per heavy atom. The zero-order valence-electron chi connectivity index (χ0n) is 9.36. The van der Waals surface area contributed by atoms with Crippen LogP contribution in [0, 0.1) is 0 Å². The summed E-state index contributed by atoms with van der Waals surface area (Å²) in [5.74, 6) is 0. The number of aliphatic hydroxyl groups excluding tert-OH is 2. The SMILES string of the molecule is CP(=O)(O)O[C@@H](CC=O)[C@H](O)CO.OP(O)(O)=S. The Kier molecular flexibility index (Phi) is 10.5. The van der Waals surface area contributed by atoms with Gasteiger partial charge in [0.1, 0.15) is 18.5 Å². The molecule has 0 aromatic heterocycles. The van der Waals surface area contributed by atoms with Crippen LogP contribution in [-0.4, -0.2) is 61.6 Å². The van der Waals surface area contributed by atoms with Gasteiger partial charge in [-0.1, -0.05) is 0 Å². The molecule has 6 N–H and O–H groups in total. The molecular weight excluding hydrogens is 310 g/mol. The summed E-state index contributed by atoms with van der Waals surface area (Å²) in [4.78, 5) is 41.5. The number of hydrogen-bond acceptors (Lipinski definition) is 6. The molecule has 12 heteroatoms. The van der Waals surface area contributed by atoms with E-state index in [1.54, 1.807) is 0 Å². The fraction of sp³-hybridized carbons (Fsp3) is 0.833. The predicted molar refractivity (Wildman–Crippen MR) is 65.3 cm³/mol. The molecule has 0 amide bonds. The van der Waals surface area contributed by atoms with E-state index in [0.717, 1.165) is 6.66 Å². The van der Waals surface area contributed by atoms with Crippen molar-refractivity contribution in [2.45, 2.75) is 18.6 Å². The monoisotopic (exact) mass is 326 g/mol. The summed E-state index contributed by atoms with van der Waals surface area (Å²) in [6, 6.07) is 0. The molecule has 0 spiro atoms. The second kappa shape index (κ2) is 9.22. The highest BCUT2D eigenvalue weighted by Crippen LogP contribution is 2.39. The number of rotatable bonds is 6. The minimum Gasteiger partial charge on any atom is -0.394 e. The second-order valence-corrected chi connectivity index (χ2v) is 7.43.